The van der Waals surface area contributed by atoms with Gasteiger partial charge in [-0.3, -0.25) is 9.59 Å². The van der Waals surface area contributed by atoms with Gasteiger partial charge in [-0.1, -0.05) is 12.1 Å². The lowest BCUT2D eigenvalue weighted by atomic mass is 10.2. The average molecular weight is 221 g/mol. The molecule has 0 atom stereocenters. The molecule has 1 rings (SSSR count). The number of anilines is 1. The maximum absolute atomic E-state index is 11.1. The number of hydrogen-bond donors (Lipinski definition) is 3. The molecule has 1 radical (unpaired) electrons. The lowest BCUT2D eigenvalue weighted by Crippen LogP contribution is -2.33. The predicted molar refractivity (Wildman–Crippen MR) is 55.9 cm³/mol. The second kappa shape index (κ2) is 5.50. The molecule has 0 aliphatic heterocycles. The van der Waals surface area contributed by atoms with E-state index in [4.69, 9.17) is 5.11 Å². The van der Waals surface area contributed by atoms with Crippen LogP contribution in [0.1, 0.15) is 5.56 Å². The van der Waals surface area contributed by atoms with Gasteiger partial charge in [0.05, 0.1) is 0 Å². The zero-order valence-corrected chi connectivity index (χ0v) is 8.19. The second-order valence-corrected chi connectivity index (χ2v) is 2.88. The van der Waals surface area contributed by atoms with Gasteiger partial charge in [-0.15, -0.1) is 0 Å². The molecule has 83 valence electrons. The van der Waals surface area contributed by atoms with Crippen LogP contribution in [0, 0.1) is 0 Å². The largest absolute Gasteiger partial charge is 0.480 e. The molecule has 0 saturated carbocycles. The maximum atomic E-state index is 11.1. The number of urea groups is 1. The van der Waals surface area contributed by atoms with E-state index in [1.54, 1.807) is 18.4 Å². The topological polar surface area (TPSA) is 95.5 Å². The summed E-state index contributed by atoms with van der Waals surface area (Å²) in [5.41, 5.74) is 0.694. The highest BCUT2D eigenvalue weighted by Gasteiger charge is 2.04. The molecule has 0 heterocycles. The molecule has 16 heavy (non-hydrogen) atoms. The van der Waals surface area contributed by atoms with E-state index in [0.29, 0.717) is 11.3 Å². The van der Waals surface area contributed by atoms with Crippen molar-refractivity contribution in [2.45, 2.75) is 0 Å². The Morgan fingerprint density at radius 2 is 2.12 bits per heavy atom. The summed E-state index contributed by atoms with van der Waals surface area (Å²) in [6, 6.07) is 5.46. The number of amides is 2. The van der Waals surface area contributed by atoms with Crippen molar-refractivity contribution in [2.24, 2.45) is 0 Å². The molecular formula is C10H9N2O4. The minimum Gasteiger partial charge on any atom is -0.480 e. The SMILES string of the molecule is O=[C]c1cccc(NC(=O)NCC(=O)O)c1. The molecule has 0 aromatic heterocycles. The van der Waals surface area contributed by atoms with Gasteiger partial charge in [0.2, 0.25) is 6.29 Å². The first kappa shape index (κ1) is 11.7. The van der Waals surface area contributed by atoms with Gasteiger partial charge in [0.25, 0.3) is 0 Å². The van der Waals surface area contributed by atoms with E-state index in [-0.39, 0.29) is 0 Å². The van der Waals surface area contributed by atoms with Crippen molar-refractivity contribution in [2.75, 3.05) is 11.9 Å². The number of carboxylic acid groups (broad SMARTS) is 1. The van der Waals surface area contributed by atoms with Crippen molar-refractivity contribution in [3.63, 3.8) is 0 Å². The third kappa shape index (κ3) is 3.79. The number of carbonyl (C=O) groups is 2. The summed E-state index contributed by atoms with van der Waals surface area (Å²) in [6.45, 7) is -0.467. The fraction of sp³-hybridized carbons (Fsp3) is 0.100. The van der Waals surface area contributed by atoms with Crippen LogP contribution in [0.2, 0.25) is 0 Å². The molecule has 0 aliphatic rings. The molecule has 0 saturated heterocycles. The van der Waals surface area contributed by atoms with E-state index < -0.39 is 18.5 Å². The summed E-state index contributed by atoms with van der Waals surface area (Å²) >= 11 is 0. The van der Waals surface area contributed by atoms with Crippen LogP contribution in [0.3, 0.4) is 0 Å². The van der Waals surface area contributed by atoms with Gasteiger partial charge in [0.15, 0.2) is 0 Å². The van der Waals surface area contributed by atoms with Crippen molar-refractivity contribution in [3.05, 3.63) is 29.8 Å². The van der Waals surface area contributed by atoms with Gasteiger partial charge >= 0.3 is 12.0 Å². The van der Waals surface area contributed by atoms with Crippen LogP contribution in [-0.4, -0.2) is 29.9 Å². The Labute approximate surface area is 91.3 Å². The van der Waals surface area contributed by atoms with Gasteiger partial charge in [-0.25, -0.2) is 4.79 Å². The minimum absolute atomic E-state index is 0.302. The summed E-state index contributed by atoms with van der Waals surface area (Å²) in [6.07, 6.45) is 1.68. The highest BCUT2D eigenvalue weighted by Crippen LogP contribution is 2.08. The molecule has 3 N–H and O–H groups in total. The summed E-state index contributed by atoms with van der Waals surface area (Å²) < 4.78 is 0. The molecule has 6 nitrogen and oxygen atoms in total. The number of rotatable bonds is 4. The molecular weight excluding hydrogens is 212 g/mol. The van der Waals surface area contributed by atoms with Gasteiger partial charge in [0, 0.05) is 11.3 Å². The van der Waals surface area contributed by atoms with Crippen molar-refractivity contribution in [3.8, 4) is 0 Å². The van der Waals surface area contributed by atoms with Crippen molar-refractivity contribution < 1.29 is 19.5 Å². The van der Waals surface area contributed by atoms with Crippen LogP contribution in [0.25, 0.3) is 0 Å². The third-order valence-electron chi connectivity index (χ3n) is 1.64. The number of carbonyl (C=O) groups excluding carboxylic acids is 2. The molecule has 0 aliphatic carbocycles. The Kier molecular flexibility index (Phi) is 4.02. The number of nitrogens with one attached hydrogen (secondary N) is 2. The number of carboxylic acids is 1. The van der Waals surface area contributed by atoms with E-state index in [0.717, 1.165) is 0 Å². The third-order valence-corrected chi connectivity index (χ3v) is 1.64. The minimum atomic E-state index is -1.13. The lowest BCUT2D eigenvalue weighted by molar-refractivity contribution is -0.135. The maximum Gasteiger partial charge on any atom is 0.323 e. The van der Waals surface area contributed by atoms with Crippen LogP contribution in [0.15, 0.2) is 24.3 Å². The Bertz CT molecular complexity index is 417. The molecule has 0 unspecified atom stereocenters. The monoisotopic (exact) mass is 221 g/mol. The first-order valence-electron chi connectivity index (χ1n) is 4.36. The quantitative estimate of drug-likeness (QED) is 0.683. The fourth-order valence-electron chi connectivity index (χ4n) is 0.992. The van der Waals surface area contributed by atoms with Crippen LogP contribution < -0.4 is 10.6 Å². The predicted octanol–water partition coefficient (Wildman–Crippen LogP) is 0.350. The zero-order chi connectivity index (χ0) is 12.0. The van der Waals surface area contributed by atoms with E-state index in [1.807, 2.05) is 0 Å². The highest BCUT2D eigenvalue weighted by molar-refractivity contribution is 5.92. The first-order valence-corrected chi connectivity index (χ1v) is 4.36. The standard InChI is InChI=1S/C10H9N2O4/c13-6-7-2-1-3-8(4-7)12-10(16)11-5-9(14)15/h1-4H,5H2,(H,14,15)(H2,11,12,16). The van der Waals surface area contributed by atoms with Gasteiger partial charge in [0.1, 0.15) is 6.54 Å². The summed E-state index contributed by atoms with van der Waals surface area (Å²) in [4.78, 5) is 31.6. The van der Waals surface area contributed by atoms with Gasteiger partial charge in [-0.2, -0.15) is 0 Å². The smallest absolute Gasteiger partial charge is 0.323 e. The van der Waals surface area contributed by atoms with Crippen LogP contribution in [0.5, 0.6) is 0 Å². The Morgan fingerprint density at radius 3 is 2.75 bits per heavy atom. The van der Waals surface area contributed by atoms with E-state index >= 15 is 0 Å². The summed E-state index contributed by atoms with van der Waals surface area (Å²) in [5, 5.41) is 12.8. The van der Waals surface area contributed by atoms with Crippen molar-refractivity contribution >= 4 is 24.0 Å². The van der Waals surface area contributed by atoms with Crippen LogP contribution in [0.4, 0.5) is 10.5 Å². The molecule has 1 aromatic rings. The second-order valence-electron chi connectivity index (χ2n) is 2.88. The van der Waals surface area contributed by atoms with E-state index in [9.17, 15) is 14.4 Å². The Hall–Kier alpha value is -2.37. The fourth-order valence-corrected chi connectivity index (χ4v) is 0.992. The summed E-state index contributed by atoms with van der Waals surface area (Å²) in [7, 11) is 0. The van der Waals surface area contributed by atoms with Gasteiger partial charge in [-0.05, 0) is 12.1 Å². The highest BCUT2D eigenvalue weighted by atomic mass is 16.4. The van der Waals surface area contributed by atoms with Crippen LogP contribution >= 0.6 is 0 Å². The van der Waals surface area contributed by atoms with Crippen molar-refractivity contribution in [1.29, 1.82) is 0 Å². The zero-order valence-electron chi connectivity index (χ0n) is 8.19. The molecule has 0 spiro atoms. The average Bonchev–Trinajstić information content (AvgIpc) is 2.26. The van der Waals surface area contributed by atoms with Gasteiger partial charge < -0.3 is 15.7 Å². The number of aliphatic carboxylic acids is 1. The molecule has 0 bridgehead atoms. The molecule has 2 amide bonds. The Balaban J connectivity index is 2.55. The first-order chi connectivity index (χ1) is 7.61. The van der Waals surface area contributed by atoms with Crippen molar-refractivity contribution in [1.82, 2.24) is 5.32 Å². The normalized spacial score (nSPS) is 9.25. The molecule has 0 fully saturated rings. The lowest BCUT2D eigenvalue weighted by Gasteiger charge is -2.05. The van der Waals surface area contributed by atoms with E-state index in [2.05, 4.69) is 10.6 Å². The Morgan fingerprint density at radius 1 is 1.38 bits per heavy atom. The van der Waals surface area contributed by atoms with E-state index in [1.165, 1.54) is 12.1 Å². The summed E-state index contributed by atoms with van der Waals surface area (Å²) in [5.74, 6) is -1.13. The number of benzene rings is 1. The number of hydrogen-bond acceptors (Lipinski definition) is 3. The molecule has 6 heteroatoms. The molecule has 1 aromatic carbocycles. The van der Waals surface area contributed by atoms with Crippen LogP contribution in [-0.2, 0) is 9.59 Å².